The van der Waals surface area contributed by atoms with Crippen molar-refractivity contribution in [3.63, 3.8) is 0 Å². The first-order valence-electron chi connectivity index (χ1n) is 7.18. The number of hydrogen-bond acceptors (Lipinski definition) is 2. The predicted molar refractivity (Wildman–Crippen MR) is 85.3 cm³/mol. The van der Waals surface area contributed by atoms with E-state index in [0.717, 1.165) is 16.1 Å². The van der Waals surface area contributed by atoms with Gasteiger partial charge in [-0.15, -0.1) is 0 Å². The monoisotopic (exact) mass is 399 g/mol. The molecule has 24 heavy (non-hydrogen) atoms. The van der Waals surface area contributed by atoms with Gasteiger partial charge in [-0.3, -0.25) is 4.79 Å². The number of ether oxygens (including phenoxy) is 1. The summed E-state index contributed by atoms with van der Waals surface area (Å²) in [5.74, 6) is 0.220. The minimum absolute atomic E-state index is 0.0665. The molecule has 126 valence electrons. The molecule has 1 aliphatic heterocycles. The molecule has 0 spiro atoms. The highest BCUT2D eigenvalue weighted by molar-refractivity contribution is 9.10. The Morgan fingerprint density at radius 1 is 1.17 bits per heavy atom. The average molecular weight is 400 g/mol. The number of carbonyl (C=O) groups excluding carboxylic acids is 1. The van der Waals surface area contributed by atoms with Gasteiger partial charge < -0.3 is 9.64 Å². The lowest BCUT2D eigenvalue weighted by molar-refractivity contribution is -0.140. The second-order valence-electron chi connectivity index (χ2n) is 5.45. The van der Waals surface area contributed by atoms with Crippen LogP contribution >= 0.6 is 15.9 Å². The van der Waals surface area contributed by atoms with Crippen molar-refractivity contribution in [3.05, 3.63) is 63.6 Å². The Balaban J connectivity index is 1.91. The van der Waals surface area contributed by atoms with Crippen molar-refractivity contribution in [2.24, 2.45) is 0 Å². The van der Waals surface area contributed by atoms with Gasteiger partial charge in [-0.05, 0) is 29.8 Å². The molecule has 7 heteroatoms. The fraction of sp³-hybridized carbons (Fsp3) is 0.235. The molecule has 0 saturated heterocycles. The number of amides is 1. The number of alkyl halides is 3. The Labute approximate surface area is 145 Å². The zero-order valence-corrected chi connectivity index (χ0v) is 14.0. The number of nitrogens with zero attached hydrogens (tertiary/aromatic N) is 1. The lowest BCUT2D eigenvalue weighted by Gasteiger charge is -2.22. The van der Waals surface area contributed by atoms with Crippen LogP contribution in [0.4, 0.5) is 13.2 Å². The Hall–Kier alpha value is -2.02. The Morgan fingerprint density at radius 2 is 1.92 bits per heavy atom. The molecule has 3 rings (SSSR count). The van der Waals surface area contributed by atoms with Crippen LogP contribution in [0.5, 0.6) is 5.75 Å². The Morgan fingerprint density at radius 3 is 2.67 bits per heavy atom. The third-order valence-electron chi connectivity index (χ3n) is 3.77. The second-order valence-corrected chi connectivity index (χ2v) is 6.36. The van der Waals surface area contributed by atoms with Gasteiger partial charge >= 0.3 is 6.18 Å². The van der Waals surface area contributed by atoms with Crippen LogP contribution in [-0.2, 0) is 24.1 Å². The van der Waals surface area contributed by atoms with Gasteiger partial charge in [0, 0.05) is 23.1 Å². The number of hydrogen-bond donors (Lipinski definition) is 0. The molecule has 0 aliphatic carbocycles. The summed E-state index contributed by atoms with van der Waals surface area (Å²) >= 11 is 3.35. The third kappa shape index (κ3) is 3.56. The highest BCUT2D eigenvalue weighted by Gasteiger charge is 2.34. The van der Waals surface area contributed by atoms with Crippen LogP contribution < -0.4 is 4.74 Å². The molecule has 0 atom stereocenters. The van der Waals surface area contributed by atoms with E-state index in [1.807, 2.05) is 0 Å². The van der Waals surface area contributed by atoms with Crippen molar-refractivity contribution in [1.29, 1.82) is 0 Å². The smallest absolute Gasteiger partial charge is 0.416 e. The summed E-state index contributed by atoms with van der Waals surface area (Å²) in [5, 5.41) is 0. The molecule has 0 aromatic heterocycles. The highest BCUT2D eigenvalue weighted by Crippen LogP contribution is 2.33. The van der Waals surface area contributed by atoms with Gasteiger partial charge in [0.2, 0.25) is 0 Å². The number of carbonyl (C=O) groups is 1. The van der Waals surface area contributed by atoms with E-state index in [1.54, 1.807) is 18.2 Å². The highest BCUT2D eigenvalue weighted by atomic mass is 79.9. The molecule has 0 fully saturated rings. The molecule has 0 unspecified atom stereocenters. The zero-order valence-electron chi connectivity index (χ0n) is 12.4. The predicted octanol–water partition coefficient (Wildman–Crippen LogP) is 4.39. The maximum absolute atomic E-state index is 13.1. The molecule has 2 aromatic rings. The van der Waals surface area contributed by atoms with E-state index >= 15 is 0 Å². The summed E-state index contributed by atoms with van der Waals surface area (Å²) in [7, 11) is 0. The molecule has 0 saturated carbocycles. The number of rotatable bonds is 2. The zero-order chi connectivity index (χ0) is 17.3. The van der Waals surface area contributed by atoms with E-state index in [4.69, 9.17) is 4.74 Å². The van der Waals surface area contributed by atoms with Gasteiger partial charge in [0.15, 0.2) is 6.61 Å². The first kappa shape index (κ1) is 16.8. The summed E-state index contributed by atoms with van der Waals surface area (Å²) in [5.41, 5.74) is 0.0916. The topological polar surface area (TPSA) is 29.5 Å². The van der Waals surface area contributed by atoms with E-state index in [9.17, 15) is 18.0 Å². The fourth-order valence-electron chi connectivity index (χ4n) is 2.62. The van der Waals surface area contributed by atoms with Crippen molar-refractivity contribution in [1.82, 2.24) is 4.90 Å². The molecule has 0 radical (unpaired) electrons. The van der Waals surface area contributed by atoms with Crippen molar-refractivity contribution < 1.29 is 22.7 Å². The van der Waals surface area contributed by atoms with Gasteiger partial charge in [-0.2, -0.15) is 13.2 Å². The molecule has 0 bridgehead atoms. The van der Waals surface area contributed by atoms with E-state index in [0.29, 0.717) is 5.75 Å². The Kier molecular flexibility index (Phi) is 4.54. The third-order valence-corrected chi connectivity index (χ3v) is 4.26. The molecule has 1 amide bonds. The summed E-state index contributed by atoms with van der Waals surface area (Å²) in [6.45, 7) is -0.119. The summed E-state index contributed by atoms with van der Waals surface area (Å²) < 4.78 is 45.7. The minimum atomic E-state index is -4.46. The maximum Gasteiger partial charge on any atom is 0.416 e. The van der Waals surface area contributed by atoms with E-state index in [-0.39, 0.29) is 31.2 Å². The summed E-state index contributed by atoms with van der Waals surface area (Å²) in [6.07, 6.45) is -4.46. The quantitative estimate of drug-likeness (QED) is 0.749. The minimum Gasteiger partial charge on any atom is -0.483 e. The normalized spacial score (nSPS) is 14.8. The van der Waals surface area contributed by atoms with E-state index < -0.39 is 11.7 Å². The number of halogens is 4. The lowest BCUT2D eigenvalue weighted by atomic mass is 10.1. The second kappa shape index (κ2) is 6.47. The lowest BCUT2D eigenvalue weighted by Crippen LogP contribution is -2.32. The van der Waals surface area contributed by atoms with Crippen LogP contribution in [0, 0.1) is 0 Å². The molecule has 0 N–H and O–H groups in total. The van der Waals surface area contributed by atoms with Crippen molar-refractivity contribution in [2.45, 2.75) is 19.3 Å². The van der Waals surface area contributed by atoms with Crippen LogP contribution in [0.2, 0.25) is 0 Å². The van der Waals surface area contributed by atoms with Crippen molar-refractivity contribution >= 4 is 21.8 Å². The van der Waals surface area contributed by atoms with Gasteiger partial charge in [0.1, 0.15) is 5.75 Å². The molecule has 1 aliphatic rings. The van der Waals surface area contributed by atoms with Gasteiger partial charge in [-0.25, -0.2) is 0 Å². The van der Waals surface area contributed by atoms with E-state index in [2.05, 4.69) is 15.9 Å². The van der Waals surface area contributed by atoms with Crippen LogP contribution in [0.1, 0.15) is 16.7 Å². The SMILES string of the molecule is O=C1COc2ccc(Br)cc2CN1Cc1ccccc1C(F)(F)F. The number of fused-ring (bicyclic) bond motifs is 1. The van der Waals surface area contributed by atoms with Gasteiger partial charge in [0.25, 0.3) is 5.91 Å². The molecule has 3 nitrogen and oxygen atoms in total. The number of benzene rings is 2. The van der Waals surface area contributed by atoms with E-state index in [1.165, 1.54) is 23.1 Å². The van der Waals surface area contributed by atoms with Gasteiger partial charge in [-0.1, -0.05) is 34.1 Å². The first-order valence-corrected chi connectivity index (χ1v) is 7.98. The molecular weight excluding hydrogens is 387 g/mol. The van der Waals surface area contributed by atoms with Gasteiger partial charge in [0.05, 0.1) is 5.56 Å². The summed E-state index contributed by atoms with van der Waals surface area (Å²) in [6, 6.07) is 10.6. The van der Waals surface area contributed by atoms with Crippen LogP contribution in [-0.4, -0.2) is 17.4 Å². The largest absolute Gasteiger partial charge is 0.483 e. The van der Waals surface area contributed by atoms with Crippen molar-refractivity contribution in [2.75, 3.05) is 6.61 Å². The average Bonchev–Trinajstić information content (AvgIpc) is 2.66. The van der Waals surface area contributed by atoms with Crippen LogP contribution in [0.15, 0.2) is 46.9 Å². The van der Waals surface area contributed by atoms with Crippen molar-refractivity contribution in [3.8, 4) is 5.75 Å². The molecule has 2 aromatic carbocycles. The van der Waals surface area contributed by atoms with Crippen LogP contribution in [0.25, 0.3) is 0 Å². The maximum atomic E-state index is 13.1. The van der Waals surface area contributed by atoms with Crippen LogP contribution in [0.3, 0.4) is 0 Å². The standard InChI is InChI=1S/C17H13BrF3NO2/c18-13-5-6-15-12(7-13)9-22(16(23)10-24-15)8-11-3-1-2-4-14(11)17(19,20)21/h1-7H,8-10H2. The first-order chi connectivity index (χ1) is 11.3. The molecular formula is C17H13BrF3NO2. The molecule has 1 heterocycles. The Bertz CT molecular complexity index is 777. The summed E-state index contributed by atoms with van der Waals surface area (Å²) in [4.78, 5) is 13.6. The fourth-order valence-corrected chi connectivity index (χ4v) is 3.03.